The first-order chi connectivity index (χ1) is 9.31. The number of hydrogen-bond acceptors (Lipinski definition) is 3. The number of carboxylic acids is 1. The van der Waals surface area contributed by atoms with Gasteiger partial charge < -0.3 is 15.5 Å². The predicted molar refractivity (Wildman–Crippen MR) is 75.8 cm³/mol. The lowest BCUT2D eigenvalue weighted by Crippen LogP contribution is -2.33. The third-order valence-corrected chi connectivity index (χ3v) is 3.01. The summed E-state index contributed by atoms with van der Waals surface area (Å²) in [5, 5.41) is 21.3. The van der Waals surface area contributed by atoms with Crippen molar-refractivity contribution in [1.82, 2.24) is 5.32 Å². The molecule has 0 spiro atoms. The smallest absolute Gasteiger partial charge is 0.308 e. The van der Waals surface area contributed by atoms with E-state index in [-0.39, 0.29) is 23.8 Å². The summed E-state index contributed by atoms with van der Waals surface area (Å²) in [7, 11) is 0. The molecule has 0 bridgehead atoms. The first kappa shape index (κ1) is 16.0. The lowest BCUT2D eigenvalue weighted by atomic mass is 9.97. The van der Waals surface area contributed by atoms with E-state index >= 15 is 0 Å². The zero-order valence-electron chi connectivity index (χ0n) is 12.0. The lowest BCUT2D eigenvalue weighted by molar-refractivity contribution is -0.142. The van der Waals surface area contributed by atoms with E-state index in [0.717, 1.165) is 5.56 Å². The Labute approximate surface area is 118 Å². The molecule has 1 unspecified atom stereocenters. The van der Waals surface area contributed by atoms with E-state index < -0.39 is 17.8 Å². The van der Waals surface area contributed by atoms with Gasteiger partial charge in [0.15, 0.2) is 0 Å². The summed E-state index contributed by atoms with van der Waals surface area (Å²) in [6.07, 6.45) is 0.495. The molecule has 0 radical (unpaired) electrons. The van der Waals surface area contributed by atoms with Gasteiger partial charge >= 0.3 is 5.97 Å². The summed E-state index contributed by atoms with van der Waals surface area (Å²) >= 11 is 0. The molecule has 0 aromatic heterocycles. The van der Waals surface area contributed by atoms with Crippen molar-refractivity contribution in [2.45, 2.75) is 27.2 Å². The second kappa shape index (κ2) is 6.93. The minimum atomic E-state index is -0.924. The van der Waals surface area contributed by atoms with Crippen LogP contribution in [0.2, 0.25) is 0 Å². The fraction of sp³-hybridized carbons (Fsp3) is 0.467. The zero-order valence-corrected chi connectivity index (χ0v) is 12.0. The van der Waals surface area contributed by atoms with Gasteiger partial charge in [0.25, 0.3) is 5.91 Å². The highest BCUT2D eigenvalue weighted by molar-refractivity contribution is 5.97. The summed E-state index contributed by atoms with van der Waals surface area (Å²) in [5.74, 6) is -1.87. The van der Waals surface area contributed by atoms with Gasteiger partial charge in [-0.15, -0.1) is 0 Å². The van der Waals surface area contributed by atoms with Crippen LogP contribution in [0.4, 0.5) is 0 Å². The number of aromatic hydroxyl groups is 1. The third kappa shape index (κ3) is 4.57. The molecule has 1 amide bonds. The number of carbonyl (C=O) groups is 2. The molecule has 1 aromatic rings. The maximum Gasteiger partial charge on any atom is 0.308 e. The van der Waals surface area contributed by atoms with Crippen LogP contribution >= 0.6 is 0 Å². The van der Waals surface area contributed by atoms with Crippen LogP contribution in [0.25, 0.3) is 0 Å². The monoisotopic (exact) mass is 279 g/mol. The quantitative estimate of drug-likeness (QED) is 0.745. The second-order valence-corrected chi connectivity index (χ2v) is 5.40. The summed E-state index contributed by atoms with van der Waals surface area (Å²) in [6.45, 7) is 5.74. The molecule has 1 rings (SSSR count). The standard InChI is InChI=1S/C15H21NO4/c1-9(2)6-11(15(19)20)8-16-14(18)12-7-10(3)4-5-13(12)17/h4-5,7,9,11,17H,6,8H2,1-3H3,(H,16,18)(H,19,20). The number of carbonyl (C=O) groups excluding carboxylic acids is 1. The summed E-state index contributed by atoms with van der Waals surface area (Å²) in [4.78, 5) is 23.1. The molecule has 1 atom stereocenters. The number of nitrogens with one attached hydrogen (secondary N) is 1. The predicted octanol–water partition coefficient (Wildman–Crippen LogP) is 2.18. The Morgan fingerprint density at radius 2 is 1.95 bits per heavy atom. The number of rotatable bonds is 6. The van der Waals surface area contributed by atoms with Crippen LogP contribution in [-0.4, -0.2) is 28.6 Å². The number of amides is 1. The van der Waals surface area contributed by atoms with E-state index in [4.69, 9.17) is 5.11 Å². The molecule has 0 aliphatic heterocycles. The second-order valence-electron chi connectivity index (χ2n) is 5.40. The Hall–Kier alpha value is -2.04. The minimum absolute atomic E-state index is 0.0553. The molecule has 3 N–H and O–H groups in total. The average molecular weight is 279 g/mol. The van der Waals surface area contributed by atoms with Crippen LogP contribution in [0, 0.1) is 18.8 Å². The molecule has 0 heterocycles. The van der Waals surface area contributed by atoms with E-state index in [0.29, 0.717) is 6.42 Å². The van der Waals surface area contributed by atoms with E-state index in [1.807, 2.05) is 20.8 Å². The lowest BCUT2D eigenvalue weighted by Gasteiger charge is -2.15. The summed E-state index contributed by atoms with van der Waals surface area (Å²) < 4.78 is 0. The zero-order chi connectivity index (χ0) is 15.3. The van der Waals surface area contributed by atoms with Crippen LogP contribution in [0.15, 0.2) is 18.2 Å². The fourth-order valence-electron chi connectivity index (χ4n) is 1.98. The normalized spacial score (nSPS) is 12.2. The largest absolute Gasteiger partial charge is 0.507 e. The maximum absolute atomic E-state index is 12.0. The minimum Gasteiger partial charge on any atom is -0.507 e. The first-order valence-electron chi connectivity index (χ1n) is 6.62. The van der Waals surface area contributed by atoms with E-state index in [1.54, 1.807) is 12.1 Å². The summed E-state index contributed by atoms with van der Waals surface area (Å²) in [6, 6.07) is 4.72. The van der Waals surface area contributed by atoms with Gasteiger partial charge in [-0.25, -0.2) is 0 Å². The Kier molecular flexibility index (Phi) is 5.55. The number of hydrogen-bond donors (Lipinski definition) is 3. The van der Waals surface area contributed by atoms with Gasteiger partial charge in [0.2, 0.25) is 0 Å². The van der Waals surface area contributed by atoms with Gasteiger partial charge in [-0.1, -0.05) is 25.5 Å². The molecular formula is C15H21NO4. The molecule has 5 heteroatoms. The molecule has 1 aromatic carbocycles. The Balaban J connectivity index is 2.70. The average Bonchev–Trinajstić information content (AvgIpc) is 2.36. The number of aryl methyl sites for hydroxylation is 1. The van der Waals surface area contributed by atoms with Crippen LogP contribution in [0.5, 0.6) is 5.75 Å². The highest BCUT2D eigenvalue weighted by Gasteiger charge is 2.20. The van der Waals surface area contributed by atoms with E-state index in [2.05, 4.69) is 5.32 Å². The maximum atomic E-state index is 12.0. The Bertz CT molecular complexity index is 497. The van der Waals surface area contributed by atoms with Gasteiger partial charge in [0, 0.05) is 6.54 Å². The van der Waals surface area contributed by atoms with Crippen molar-refractivity contribution in [1.29, 1.82) is 0 Å². The molecule has 0 saturated carbocycles. The highest BCUT2D eigenvalue weighted by atomic mass is 16.4. The van der Waals surface area contributed by atoms with Gasteiger partial charge in [-0.05, 0) is 31.4 Å². The van der Waals surface area contributed by atoms with Gasteiger partial charge in [0.05, 0.1) is 11.5 Å². The number of phenolic OH excluding ortho intramolecular Hbond substituents is 1. The van der Waals surface area contributed by atoms with E-state index in [1.165, 1.54) is 6.07 Å². The van der Waals surface area contributed by atoms with Crippen molar-refractivity contribution in [2.75, 3.05) is 6.54 Å². The molecule has 0 aliphatic rings. The molecule has 5 nitrogen and oxygen atoms in total. The SMILES string of the molecule is Cc1ccc(O)c(C(=O)NCC(CC(C)C)C(=O)O)c1. The summed E-state index contributed by atoms with van der Waals surface area (Å²) in [5.41, 5.74) is 1.02. The van der Waals surface area contributed by atoms with Crippen molar-refractivity contribution in [2.24, 2.45) is 11.8 Å². The van der Waals surface area contributed by atoms with Crippen LogP contribution in [-0.2, 0) is 4.79 Å². The van der Waals surface area contributed by atoms with Crippen LogP contribution < -0.4 is 5.32 Å². The van der Waals surface area contributed by atoms with Gasteiger partial charge in [-0.3, -0.25) is 9.59 Å². The Morgan fingerprint density at radius 3 is 2.50 bits per heavy atom. The molecule has 110 valence electrons. The number of benzene rings is 1. The Morgan fingerprint density at radius 1 is 1.30 bits per heavy atom. The van der Waals surface area contributed by atoms with E-state index in [9.17, 15) is 14.7 Å². The molecule has 20 heavy (non-hydrogen) atoms. The topological polar surface area (TPSA) is 86.6 Å². The van der Waals surface area contributed by atoms with Gasteiger partial charge in [0.1, 0.15) is 5.75 Å². The molecule has 0 aliphatic carbocycles. The number of aliphatic carboxylic acids is 1. The molecular weight excluding hydrogens is 258 g/mol. The first-order valence-corrected chi connectivity index (χ1v) is 6.62. The number of phenols is 1. The van der Waals surface area contributed by atoms with Crippen molar-refractivity contribution < 1.29 is 19.8 Å². The van der Waals surface area contributed by atoms with Gasteiger partial charge in [-0.2, -0.15) is 0 Å². The fourth-order valence-corrected chi connectivity index (χ4v) is 1.98. The third-order valence-electron chi connectivity index (χ3n) is 3.01. The van der Waals surface area contributed by atoms with Crippen molar-refractivity contribution in [3.05, 3.63) is 29.3 Å². The highest BCUT2D eigenvalue weighted by Crippen LogP contribution is 2.18. The molecule has 0 saturated heterocycles. The van der Waals surface area contributed by atoms with Crippen LogP contribution in [0.1, 0.15) is 36.2 Å². The molecule has 0 fully saturated rings. The number of carboxylic acid groups (broad SMARTS) is 1. The van der Waals surface area contributed by atoms with Crippen molar-refractivity contribution >= 4 is 11.9 Å². The van der Waals surface area contributed by atoms with Crippen molar-refractivity contribution in [3.8, 4) is 5.75 Å². The van der Waals surface area contributed by atoms with Crippen LogP contribution in [0.3, 0.4) is 0 Å². The van der Waals surface area contributed by atoms with Crippen molar-refractivity contribution in [3.63, 3.8) is 0 Å².